The number of rotatable bonds is 6. The summed E-state index contributed by atoms with van der Waals surface area (Å²) < 4.78 is 0. The van der Waals surface area contributed by atoms with Crippen LogP contribution >= 0.6 is 0 Å². The third kappa shape index (κ3) is 5.84. The van der Waals surface area contributed by atoms with Crippen molar-refractivity contribution < 1.29 is 4.79 Å². The Morgan fingerprint density at radius 3 is 2.87 bits per heavy atom. The molecular formula is C18H30N4O. The third-order valence-corrected chi connectivity index (χ3v) is 4.55. The molecule has 1 heterocycles. The molecule has 1 aromatic carbocycles. The van der Waals surface area contributed by atoms with Gasteiger partial charge in [0.2, 0.25) is 0 Å². The molecule has 0 radical (unpaired) electrons. The molecule has 2 unspecified atom stereocenters. The lowest BCUT2D eigenvalue weighted by Crippen LogP contribution is -2.49. The fourth-order valence-electron chi connectivity index (χ4n) is 3.06. The summed E-state index contributed by atoms with van der Waals surface area (Å²) in [5, 5.41) is 3.03. The molecule has 0 bridgehead atoms. The van der Waals surface area contributed by atoms with E-state index in [9.17, 15) is 4.79 Å². The van der Waals surface area contributed by atoms with E-state index in [2.05, 4.69) is 41.5 Å². The van der Waals surface area contributed by atoms with Crippen molar-refractivity contribution in [2.45, 2.75) is 32.4 Å². The Bertz CT molecular complexity index is 477. The van der Waals surface area contributed by atoms with Crippen LogP contribution in [0.4, 0.5) is 4.79 Å². The Balaban J connectivity index is 1.68. The lowest BCUT2D eigenvalue weighted by atomic mass is 9.92. The topological polar surface area (TPSA) is 61.6 Å². The number of amides is 2. The van der Waals surface area contributed by atoms with Gasteiger partial charge in [-0.15, -0.1) is 0 Å². The molecule has 5 nitrogen and oxygen atoms in total. The van der Waals surface area contributed by atoms with Crippen molar-refractivity contribution >= 4 is 6.03 Å². The number of piperidine rings is 1. The Hall–Kier alpha value is -1.59. The van der Waals surface area contributed by atoms with Crippen molar-refractivity contribution in [1.82, 2.24) is 15.1 Å². The van der Waals surface area contributed by atoms with Gasteiger partial charge in [-0.05, 0) is 38.3 Å². The van der Waals surface area contributed by atoms with Crippen molar-refractivity contribution in [2.75, 3.05) is 33.2 Å². The highest BCUT2D eigenvalue weighted by Crippen LogP contribution is 2.18. The molecule has 23 heavy (non-hydrogen) atoms. The van der Waals surface area contributed by atoms with Gasteiger partial charge >= 0.3 is 6.03 Å². The van der Waals surface area contributed by atoms with Gasteiger partial charge in [0, 0.05) is 38.8 Å². The number of nitrogens with zero attached hydrogens (tertiary/aromatic N) is 2. The Morgan fingerprint density at radius 1 is 1.43 bits per heavy atom. The molecule has 2 amide bonds. The number of likely N-dealkylation sites (N-methyl/N-ethyl adjacent to an activating group) is 1. The second kappa shape index (κ2) is 8.89. The molecule has 128 valence electrons. The first kappa shape index (κ1) is 17.8. The number of nitrogens with two attached hydrogens (primary N) is 1. The van der Waals surface area contributed by atoms with Gasteiger partial charge in [0.1, 0.15) is 0 Å². The molecule has 2 rings (SSSR count). The van der Waals surface area contributed by atoms with Crippen molar-refractivity contribution in [3.05, 3.63) is 35.9 Å². The SMILES string of the molecule is CC(N)C1CCCN(C(=O)NCCN(C)Cc2ccccc2)C1. The second-order valence-electron chi connectivity index (χ2n) is 6.66. The van der Waals surface area contributed by atoms with Gasteiger partial charge in [0.05, 0.1) is 0 Å². The highest BCUT2D eigenvalue weighted by atomic mass is 16.2. The molecule has 1 aromatic rings. The van der Waals surface area contributed by atoms with E-state index in [4.69, 9.17) is 5.73 Å². The predicted molar refractivity (Wildman–Crippen MR) is 94.1 cm³/mol. The molecule has 0 aromatic heterocycles. The largest absolute Gasteiger partial charge is 0.337 e. The zero-order chi connectivity index (χ0) is 16.7. The number of hydrogen-bond donors (Lipinski definition) is 2. The maximum absolute atomic E-state index is 12.3. The van der Waals surface area contributed by atoms with Crippen LogP contribution < -0.4 is 11.1 Å². The van der Waals surface area contributed by atoms with E-state index in [1.54, 1.807) is 0 Å². The van der Waals surface area contributed by atoms with Crippen LogP contribution in [-0.2, 0) is 6.54 Å². The number of benzene rings is 1. The van der Waals surface area contributed by atoms with Crippen LogP contribution in [0.3, 0.4) is 0 Å². The van der Waals surface area contributed by atoms with Crippen molar-refractivity contribution in [2.24, 2.45) is 11.7 Å². The Labute approximate surface area is 139 Å². The van der Waals surface area contributed by atoms with E-state index in [0.29, 0.717) is 12.5 Å². The van der Waals surface area contributed by atoms with Crippen LogP contribution in [0.1, 0.15) is 25.3 Å². The maximum atomic E-state index is 12.3. The van der Waals surface area contributed by atoms with Crippen LogP contribution in [0, 0.1) is 5.92 Å². The summed E-state index contributed by atoms with van der Waals surface area (Å²) in [5.74, 6) is 0.426. The number of urea groups is 1. The monoisotopic (exact) mass is 318 g/mol. The first-order valence-corrected chi connectivity index (χ1v) is 8.57. The van der Waals surface area contributed by atoms with Crippen molar-refractivity contribution in [3.63, 3.8) is 0 Å². The number of nitrogens with one attached hydrogen (secondary N) is 1. The predicted octanol–water partition coefficient (Wildman–Crippen LogP) is 1.89. The van der Waals surface area contributed by atoms with E-state index in [1.165, 1.54) is 5.56 Å². The average molecular weight is 318 g/mol. The standard InChI is InChI=1S/C18H30N4O/c1-15(19)17-9-6-11-22(14-17)18(23)20-10-12-21(2)13-16-7-4-3-5-8-16/h3-5,7-8,15,17H,6,9-14,19H2,1-2H3,(H,20,23). The molecule has 0 saturated carbocycles. The summed E-state index contributed by atoms with van der Waals surface area (Å²) in [6.45, 7) is 6.06. The molecule has 1 fully saturated rings. The summed E-state index contributed by atoms with van der Waals surface area (Å²) in [7, 11) is 2.08. The van der Waals surface area contributed by atoms with Crippen LogP contribution in [0.15, 0.2) is 30.3 Å². The van der Waals surface area contributed by atoms with Gasteiger partial charge in [0.15, 0.2) is 0 Å². The highest BCUT2D eigenvalue weighted by Gasteiger charge is 2.25. The van der Waals surface area contributed by atoms with E-state index < -0.39 is 0 Å². The highest BCUT2D eigenvalue weighted by molar-refractivity contribution is 5.74. The molecular weight excluding hydrogens is 288 g/mol. The number of carbonyl (C=O) groups excluding carboxylic acids is 1. The lowest BCUT2D eigenvalue weighted by Gasteiger charge is -2.34. The maximum Gasteiger partial charge on any atom is 0.317 e. The summed E-state index contributed by atoms with van der Waals surface area (Å²) in [5.41, 5.74) is 7.27. The van der Waals surface area contributed by atoms with Gasteiger partial charge in [-0.3, -0.25) is 0 Å². The molecule has 2 atom stereocenters. The Morgan fingerprint density at radius 2 is 2.17 bits per heavy atom. The van der Waals surface area contributed by atoms with E-state index in [-0.39, 0.29) is 12.1 Å². The van der Waals surface area contributed by atoms with E-state index in [0.717, 1.165) is 39.0 Å². The quantitative estimate of drug-likeness (QED) is 0.842. The zero-order valence-electron chi connectivity index (χ0n) is 14.4. The molecule has 0 spiro atoms. The van der Waals surface area contributed by atoms with Crippen LogP contribution in [0.25, 0.3) is 0 Å². The van der Waals surface area contributed by atoms with E-state index >= 15 is 0 Å². The van der Waals surface area contributed by atoms with Crippen molar-refractivity contribution in [3.8, 4) is 0 Å². The molecule has 1 aliphatic heterocycles. The molecule has 0 aliphatic carbocycles. The van der Waals surface area contributed by atoms with E-state index in [1.807, 2.05) is 17.9 Å². The van der Waals surface area contributed by atoms with Gasteiger partial charge in [-0.2, -0.15) is 0 Å². The minimum Gasteiger partial charge on any atom is -0.337 e. The van der Waals surface area contributed by atoms with Crippen LogP contribution in [-0.4, -0.2) is 55.1 Å². The normalized spacial score (nSPS) is 19.7. The fraction of sp³-hybridized carbons (Fsp3) is 0.611. The second-order valence-corrected chi connectivity index (χ2v) is 6.66. The first-order chi connectivity index (χ1) is 11.1. The smallest absolute Gasteiger partial charge is 0.317 e. The molecule has 1 aliphatic rings. The Kier molecular flexibility index (Phi) is 6.86. The molecule has 3 N–H and O–H groups in total. The summed E-state index contributed by atoms with van der Waals surface area (Å²) in [4.78, 5) is 16.4. The summed E-state index contributed by atoms with van der Waals surface area (Å²) in [6, 6.07) is 10.6. The average Bonchev–Trinajstić information content (AvgIpc) is 2.55. The zero-order valence-corrected chi connectivity index (χ0v) is 14.4. The third-order valence-electron chi connectivity index (χ3n) is 4.55. The van der Waals surface area contributed by atoms with Gasteiger partial charge < -0.3 is 20.9 Å². The minimum atomic E-state index is 0.0449. The van der Waals surface area contributed by atoms with Crippen LogP contribution in [0.5, 0.6) is 0 Å². The molecule has 5 heteroatoms. The fourth-order valence-corrected chi connectivity index (χ4v) is 3.06. The van der Waals surface area contributed by atoms with Gasteiger partial charge in [0.25, 0.3) is 0 Å². The summed E-state index contributed by atoms with van der Waals surface area (Å²) in [6.07, 6.45) is 2.18. The van der Waals surface area contributed by atoms with Crippen molar-refractivity contribution in [1.29, 1.82) is 0 Å². The van der Waals surface area contributed by atoms with Gasteiger partial charge in [-0.1, -0.05) is 30.3 Å². The van der Waals surface area contributed by atoms with Crippen LogP contribution in [0.2, 0.25) is 0 Å². The first-order valence-electron chi connectivity index (χ1n) is 8.57. The minimum absolute atomic E-state index is 0.0449. The number of hydrogen-bond acceptors (Lipinski definition) is 3. The summed E-state index contributed by atoms with van der Waals surface area (Å²) >= 11 is 0. The number of carbonyl (C=O) groups is 1. The number of likely N-dealkylation sites (tertiary alicyclic amines) is 1. The van der Waals surface area contributed by atoms with Gasteiger partial charge in [-0.25, -0.2) is 4.79 Å². The lowest BCUT2D eigenvalue weighted by molar-refractivity contribution is 0.157. The molecule has 1 saturated heterocycles.